The topological polar surface area (TPSA) is 121 Å². The fraction of sp³-hybridized carbons (Fsp3) is 0.286. The largest absolute Gasteiger partial charge is 0.508 e. The van der Waals surface area contributed by atoms with Crippen LogP contribution < -0.4 is 4.90 Å². The molecule has 4 aliphatic rings. The zero-order valence-electron chi connectivity index (χ0n) is 24.8. The number of imide groups is 2. The van der Waals surface area contributed by atoms with E-state index in [0.717, 1.165) is 10.4 Å². The number of carbonyl (C=O) groups is 4. The van der Waals surface area contributed by atoms with Gasteiger partial charge in [-0.15, -0.1) is 23.2 Å². The van der Waals surface area contributed by atoms with Crippen molar-refractivity contribution in [3.63, 3.8) is 0 Å². The van der Waals surface area contributed by atoms with E-state index in [0.29, 0.717) is 39.4 Å². The van der Waals surface area contributed by atoms with Gasteiger partial charge in [-0.05, 0) is 79.3 Å². The molecule has 4 aromatic rings. The molecular formula is C35H26BrCl2N3O6. The van der Waals surface area contributed by atoms with Crippen molar-refractivity contribution in [1.29, 1.82) is 0 Å². The number of halogens is 3. The first-order chi connectivity index (χ1) is 22.5. The maximum atomic E-state index is 14.3. The van der Waals surface area contributed by atoms with E-state index in [-0.39, 0.29) is 30.0 Å². The van der Waals surface area contributed by atoms with Gasteiger partial charge in [-0.3, -0.25) is 29.0 Å². The maximum absolute atomic E-state index is 14.3. The third kappa shape index (κ3) is 4.04. The Bertz CT molecular complexity index is 2050. The van der Waals surface area contributed by atoms with Crippen LogP contribution in [0.2, 0.25) is 0 Å². The molecule has 2 aliphatic carbocycles. The Labute approximate surface area is 287 Å². The Morgan fingerprint density at radius 3 is 2.43 bits per heavy atom. The van der Waals surface area contributed by atoms with Crippen molar-refractivity contribution >= 4 is 79.5 Å². The number of aromatic hydroxyl groups is 1. The second-order valence-electron chi connectivity index (χ2n) is 12.6. The van der Waals surface area contributed by atoms with Crippen LogP contribution in [0.5, 0.6) is 5.75 Å². The maximum Gasteiger partial charge on any atom is 0.254 e. The molecule has 1 saturated carbocycles. The summed E-state index contributed by atoms with van der Waals surface area (Å²) >= 11 is 17.8. The quantitative estimate of drug-likeness (QED) is 0.111. The smallest absolute Gasteiger partial charge is 0.254 e. The summed E-state index contributed by atoms with van der Waals surface area (Å²) < 4.78 is 5.88. The highest BCUT2D eigenvalue weighted by Crippen LogP contribution is 2.65. The van der Waals surface area contributed by atoms with Gasteiger partial charge in [0.2, 0.25) is 17.7 Å². The number of anilines is 1. The van der Waals surface area contributed by atoms with Crippen molar-refractivity contribution in [3.8, 4) is 17.2 Å². The molecule has 47 heavy (non-hydrogen) atoms. The van der Waals surface area contributed by atoms with Gasteiger partial charge in [-0.2, -0.15) is 0 Å². The van der Waals surface area contributed by atoms with Gasteiger partial charge in [-0.1, -0.05) is 51.8 Å². The molecule has 2 aliphatic heterocycles. The van der Waals surface area contributed by atoms with Gasteiger partial charge in [-0.25, -0.2) is 4.98 Å². The number of hydrogen-bond donors (Lipinski definition) is 1. The van der Waals surface area contributed by atoms with Crippen molar-refractivity contribution in [2.24, 2.45) is 17.8 Å². The van der Waals surface area contributed by atoms with Crippen LogP contribution in [-0.4, -0.2) is 53.8 Å². The number of nitrogens with zero attached hydrogens (tertiary/aromatic N) is 3. The molecule has 6 unspecified atom stereocenters. The number of phenolic OH excluding ortho intramolecular Hbond substituents is 1. The van der Waals surface area contributed by atoms with E-state index < -0.39 is 51.1 Å². The Morgan fingerprint density at radius 2 is 1.72 bits per heavy atom. The standard InChI is InChI=1S/C35H26BrCl2N3O6/c1-17-14-19(8-13-25(17)42)28-21-11-12-22-27(23(21)15-34(37)32(45)40(16-36)33(46)35(28,34)38)31(44)41(30(22)43)20-9-6-18(7-10-20)29-39-24-4-2-3-5-26(24)47-29/h2-11,13-14,22-23,27-28,42H,12,15-16H2,1H3. The predicted octanol–water partition coefficient (Wildman–Crippen LogP) is 6.42. The average molecular weight is 735 g/mol. The number of phenols is 1. The number of benzene rings is 3. The summed E-state index contributed by atoms with van der Waals surface area (Å²) in [6, 6.07) is 19.2. The molecular weight excluding hydrogens is 709 g/mol. The predicted molar refractivity (Wildman–Crippen MR) is 178 cm³/mol. The van der Waals surface area contributed by atoms with E-state index in [1.165, 1.54) is 11.0 Å². The van der Waals surface area contributed by atoms with Crippen LogP contribution >= 0.6 is 39.1 Å². The van der Waals surface area contributed by atoms with E-state index in [1.54, 1.807) is 43.3 Å². The van der Waals surface area contributed by atoms with Crippen LogP contribution in [0, 0.1) is 24.7 Å². The van der Waals surface area contributed by atoms with Crippen LogP contribution in [0.4, 0.5) is 5.69 Å². The number of rotatable bonds is 4. The first-order valence-electron chi connectivity index (χ1n) is 15.1. The fourth-order valence-corrected chi connectivity index (χ4v) is 9.41. The van der Waals surface area contributed by atoms with Gasteiger partial charge in [0.1, 0.15) is 11.3 Å². The molecule has 3 fully saturated rings. The Hall–Kier alpha value is -3.99. The fourth-order valence-electron chi connectivity index (χ4n) is 7.99. The van der Waals surface area contributed by atoms with Crippen LogP contribution in [0.15, 0.2) is 82.8 Å². The second-order valence-corrected chi connectivity index (χ2v) is 14.3. The Kier molecular flexibility index (Phi) is 6.78. The number of aryl methyl sites for hydroxylation is 1. The first-order valence-corrected chi connectivity index (χ1v) is 17.0. The number of aromatic nitrogens is 1. The Morgan fingerprint density at radius 1 is 0.979 bits per heavy atom. The lowest BCUT2D eigenvalue weighted by Crippen LogP contribution is -2.60. The molecule has 2 saturated heterocycles. The average Bonchev–Trinajstić information content (AvgIpc) is 3.65. The highest BCUT2D eigenvalue weighted by atomic mass is 79.9. The zero-order valence-corrected chi connectivity index (χ0v) is 27.9. The number of fused-ring (bicyclic) bond motifs is 5. The second kappa shape index (κ2) is 10.5. The van der Waals surface area contributed by atoms with E-state index >= 15 is 0 Å². The molecule has 238 valence electrons. The normalized spacial score (nSPS) is 30.1. The zero-order chi connectivity index (χ0) is 33.0. The molecule has 3 heterocycles. The number of amides is 4. The third-order valence-corrected chi connectivity index (χ3v) is 12.2. The molecule has 8 rings (SSSR count). The van der Waals surface area contributed by atoms with Crippen LogP contribution in [-0.2, 0) is 19.2 Å². The van der Waals surface area contributed by atoms with Crippen molar-refractivity contribution in [2.75, 3.05) is 10.4 Å². The van der Waals surface area contributed by atoms with Crippen molar-refractivity contribution < 1.29 is 28.7 Å². The molecule has 6 atom stereocenters. The van der Waals surface area contributed by atoms with Crippen molar-refractivity contribution in [2.45, 2.75) is 35.4 Å². The van der Waals surface area contributed by atoms with Gasteiger partial charge in [0.05, 0.1) is 23.0 Å². The summed E-state index contributed by atoms with van der Waals surface area (Å²) in [4.78, 5) is 59.0. The molecule has 1 aromatic heterocycles. The number of alkyl halides is 3. The monoisotopic (exact) mass is 733 g/mol. The molecule has 0 bridgehead atoms. The van der Waals surface area contributed by atoms with E-state index in [9.17, 15) is 24.3 Å². The van der Waals surface area contributed by atoms with Crippen LogP contribution in [0.3, 0.4) is 0 Å². The summed E-state index contributed by atoms with van der Waals surface area (Å²) in [6.07, 6.45) is 2.04. The minimum atomic E-state index is -1.90. The lowest BCUT2D eigenvalue weighted by atomic mass is 9.56. The number of hydrogen-bond acceptors (Lipinski definition) is 7. The number of para-hydroxylation sites is 2. The highest BCUT2D eigenvalue weighted by molar-refractivity contribution is 9.09. The number of allylic oxidation sites excluding steroid dienone is 2. The molecule has 4 amide bonds. The molecule has 1 N–H and O–H groups in total. The van der Waals surface area contributed by atoms with Crippen LogP contribution in [0.1, 0.15) is 29.9 Å². The minimum absolute atomic E-state index is 0.0600. The minimum Gasteiger partial charge on any atom is -0.508 e. The summed E-state index contributed by atoms with van der Waals surface area (Å²) in [5, 5.41) is 10.3. The summed E-state index contributed by atoms with van der Waals surface area (Å²) in [5.41, 5.74) is 4.18. The van der Waals surface area contributed by atoms with Gasteiger partial charge < -0.3 is 9.52 Å². The number of carbonyl (C=O) groups excluding carboxylic acids is 4. The number of likely N-dealkylation sites (tertiary alicyclic amines) is 1. The van der Waals surface area contributed by atoms with Gasteiger partial charge in [0, 0.05) is 11.5 Å². The van der Waals surface area contributed by atoms with E-state index in [1.807, 2.05) is 30.3 Å². The van der Waals surface area contributed by atoms with Crippen LogP contribution in [0.25, 0.3) is 22.6 Å². The molecule has 0 spiro atoms. The van der Waals surface area contributed by atoms with Gasteiger partial charge >= 0.3 is 0 Å². The molecule has 9 nitrogen and oxygen atoms in total. The molecule has 12 heteroatoms. The SMILES string of the molecule is Cc1cc(C2C3=CCC4C(=O)N(c5ccc(-c6nc7ccccc7o6)cc5)C(=O)C4C3CC3(Cl)C(=O)N(CBr)C(=O)C23Cl)ccc1O. The highest BCUT2D eigenvalue weighted by Gasteiger charge is 2.76. The summed E-state index contributed by atoms with van der Waals surface area (Å²) in [6.45, 7) is 1.72. The number of oxazole rings is 1. The third-order valence-electron chi connectivity index (χ3n) is 10.2. The molecule has 0 radical (unpaired) electrons. The van der Waals surface area contributed by atoms with Crippen molar-refractivity contribution in [3.05, 3.63) is 89.5 Å². The van der Waals surface area contributed by atoms with E-state index in [4.69, 9.17) is 27.6 Å². The first kappa shape index (κ1) is 30.4. The van der Waals surface area contributed by atoms with Gasteiger partial charge in [0.15, 0.2) is 15.3 Å². The van der Waals surface area contributed by atoms with E-state index in [2.05, 4.69) is 20.9 Å². The summed E-state index contributed by atoms with van der Waals surface area (Å²) in [7, 11) is 0. The lowest BCUT2D eigenvalue weighted by Gasteiger charge is -2.50. The lowest BCUT2D eigenvalue weighted by molar-refractivity contribution is -0.138. The Balaban J connectivity index is 1.19. The van der Waals surface area contributed by atoms with Crippen molar-refractivity contribution in [1.82, 2.24) is 9.88 Å². The summed E-state index contributed by atoms with van der Waals surface area (Å²) in [5.74, 6) is -4.60. The molecule has 3 aromatic carbocycles. The van der Waals surface area contributed by atoms with Gasteiger partial charge in [0.25, 0.3) is 11.8 Å².